The number of halogens is 9. The smallest absolute Gasteiger partial charge is 0.385 e. The second-order valence-electron chi connectivity index (χ2n) is 5.49. The van der Waals surface area contributed by atoms with Crippen molar-refractivity contribution in [1.82, 2.24) is 0 Å². The van der Waals surface area contributed by atoms with Crippen molar-refractivity contribution in [3.05, 3.63) is 35.4 Å². The number of aliphatic hydroxyl groups is 1. The molecule has 1 aromatic rings. The number of nitrogens with zero attached hydrogens (tertiary/aromatic N) is 1. The molecule has 0 spiro atoms. The highest BCUT2D eigenvalue weighted by molar-refractivity contribution is 5.35. The van der Waals surface area contributed by atoms with Gasteiger partial charge in [0.1, 0.15) is 0 Å². The minimum Gasteiger partial charge on any atom is -0.385 e. The summed E-state index contributed by atoms with van der Waals surface area (Å²) in [6, 6.07) is 5.56. The van der Waals surface area contributed by atoms with E-state index in [1.54, 1.807) is 6.07 Å². The summed E-state index contributed by atoms with van der Waals surface area (Å²) in [7, 11) is 0. The average molecular weight is 379 g/mol. The maximum atomic E-state index is 13.6. The van der Waals surface area contributed by atoms with Crippen molar-refractivity contribution >= 4 is 0 Å². The van der Waals surface area contributed by atoms with Crippen LogP contribution in [0.1, 0.15) is 24.5 Å². The molecule has 0 amide bonds. The molecule has 1 N–H and O–H groups in total. The minimum absolute atomic E-state index is 0.173. The Labute approximate surface area is 135 Å². The third-order valence-corrected chi connectivity index (χ3v) is 3.39. The van der Waals surface area contributed by atoms with E-state index < -0.39 is 41.5 Å². The Morgan fingerprint density at radius 3 is 1.92 bits per heavy atom. The first-order valence-corrected chi connectivity index (χ1v) is 6.43. The molecule has 0 bridgehead atoms. The highest BCUT2D eigenvalue weighted by atomic mass is 19.4. The van der Waals surface area contributed by atoms with E-state index in [-0.39, 0.29) is 5.56 Å². The molecule has 0 fully saturated rings. The Hall–Kier alpha value is -1.96. The van der Waals surface area contributed by atoms with Gasteiger partial charge in [0, 0.05) is 0 Å². The summed E-state index contributed by atoms with van der Waals surface area (Å²) in [5.74, 6) is -19.7. The standard InChI is InChI=1S/C14H10F9NO/c1-10(25,9-4-2-3-8(5-9)6-24)7-11(15,16)12(17,18)13(19,20)14(21,22)23/h2-5,25H,7H2,1H3. The molecule has 25 heavy (non-hydrogen) atoms. The van der Waals surface area contributed by atoms with Gasteiger partial charge in [-0.05, 0) is 24.6 Å². The zero-order valence-electron chi connectivity index (χ0n) is 12.3. The van der Waals surface area contributed by atoms with Crippen molar-refractivity contribution in [3.8, 4) is 6.07 Å². The predicted molar refractivity (Wildman–Crippen MR) is 66.2 cm³/mol. The Kier molecular flexibility index (Phi) is 5.13. The van der Waals surface area contributed by atoms with Gasteiger partial charge in [0.15, 0.2) is 0 Å². The summed E-state index contributed by atoms with van der Waals surface area (Å²) in [4.78, 5) is 0. The van der Waals surface area contributed by atoms with Gasteiger partial charge in [-0.25, -0.2) is 0 Å². The van der Waals surface area contributed by atoms with Crippen LogP contribution in [-0.2, 0) is 5.60 Å². The van der Waals surface area contributed by atoms with E-state index in [9.17, 15) is 44.6 Å². The second kappa shape index (κ2) is 6.09. The first-order chi connectivity index (χ1) is 11.0. The van der Waals surface area contributed by atoms with Gasteiger partial charge in [0.25, 0.3) is 0 Å². The summed E-state index contributed by atoms with van der Waals surface area (Å²) in [5, 5.41) is 18.6. The van der Waals surface area contributed by atoms with Crippen molar-refractivity contribution in [3.63, 3.8) is 0 Å². The quantitative estimate of drug-likeness (QED) is 0.759. The van der Waals surface area contributed by atoms with Gasteiger partial charge in [-0.2, -0.15) is 44.8 Å². The SMILES string of the molecule is CC(O)(CC(F)(F)C(F)(F)C(F)(F)C(F)(F)F)c1cccc(C#N)c1. The van der Waals surface area contributed by atoms with Gasteiger partial charge in [-0.1, -0.05) is 12.1 Å². The lowest BCUT2D eigenvalue weighted by molar-refractivity contribution is -0.400. The fraction of sp³-hybridized carbons (Fsp3) is 0.500. The number of alkyl halides is 9. The Balaban J connectivity index is 3.28. The van der Waals surface area contributed by atoms with Crippen molar-refractivity contribution in [2.45, 2.75) is 42.9 Å². The molecule has 0 saturated carbocycles. The lowest BCUT2D eigenvalue weighted by Gasteiger charge is -2.37. The van der Waals surface area contributed by atoms with Crippen LogP contribution in [0.2, 0.25) is 0 Å². The second-order valence-corrected chi connectivity index (χ2v) is 5.49. The topological polar surface area (TPSA) is 44.0 Å². The predicted octanol–water partition coefficient (Wildman–Crippen LogP) is 4.62. The monoisotopic (exact) mass is 379 g/mol. The van der Waals surface area contributed by atoms with E-state index in [4.69, 9.17) is 5.26 Å². The number of hydrogen-bond acceptors (Lipinski definition) is 2. The molecule has 0 aliphatic heterocycles. The molecule has 2 nitrogen and oxygen atoms in total. The lowest BCUT2D eigenvalue weighted by atomic mass is 9.85. The molecule has 1 aromatic carbocycles. The highest BCUT2D eigenvalue weighted by Gasteiger charge is 2.81. The van der Waals surface area contributed by atoms with Crippen molar-refractivity contribution in [2.75, 3.05) is 0 Å². The molecule has 140 valence electrons. The molecule has 0 radical (unpaired) electrons. The highest BCUT2D eigenvalue weighted by Crippen LogP contribution is 2.55. The van der Waals surface area contributed by atoms with Crippen LogP contribution in [0.25, 0.3) is 0 Å². The summed E-state index contributed by atoms with van der Waals surface area (Å²) in [6.45, 7) is 0.527. The largest absolute Gasteiger partial charge is 0.460 e. The van der Waals surface area contributed by atoms with Crippen LogP contribution < -0.4 is 0 Å². The molecule has 0 aliphatic carbocycles. The van der Waals surface area contributed by atoms with Gasteiger partial charge in [0.2, 0.25) is 0 Å². The Bertz CT molecular complexity index is 674. The summed E-state index contributed by atoms with van der Waals surface area (Å²) in [5.41, 5.74) is -3.62. The molecule has 0 heterocycles. The van der Waals surface area contributed by atoms with E-state index in [1.807, 2.05) is 0 Å². The summed E-state index contributed by atoms with van der Waals surface area (Å²) < 4.78 is 116. The first kappa shape index (κ1) is 21.1. The molecular formula is C14H10F9NO. The van der Waals surface area contributed by atoms with E-state index in [1.165, 1.54) is 6.07 Å². The van der Waals surface area contributed by atoms with Crippen LogP contribution >= 0.6 is 0 Å². The zero-order valence-corrected chi connectivity index (χ0v) is 12.3. The first-order valence-electron chi connectivity index (χ1n) is 6.43. The molecule has 1 rings (SSSR count). The molecule has 0 aliphatic rings. The molecule has 0 aromatic heterocycles. The van der Waals surface area contributed by atoms with Crippen LogP contribution in [0, 0.1) is 11.3 Å². The molecule has 1 unspecified atom stereocenters. The number of rotatable bonds is 5. The fourth-order valence-electron chi connectivity index (χ4n) is 1.98. The van der Waals surface area contributed by atoms with Crippen molar-refractivity contribution in [2.24, 2.45) is 0 Å². The van der Waals surface area contributed by atoms with Gasteiger partial charge in [0.05, 0.1) is 23.7 Å². The van der Waals surface area contributed by atoms with Crippen molar-refractivity contribution in [1.29, 1.82) is 5.26 Å². The van der Waals surface area contributed by atoms with Crippen LogP contribution in [0.15, 0.2) is 24.3 Å². The van der Waals surface area contributed by atoms with E-state index in [0.29, 0.717) is 6.92 Å². The normalized spacial score (nSPS) is 16.2. The lowest BCUT2D eigenvalue weighted by Crippen LogP contribution is -2.62. The van der Waals surface area contributed by atoms with E-state index >= 15 is 0 Å². The maximum Gasteiger partial charge on any atom is 0.460 e. The fourth-order valence-corrected chi connectivity index (χ4v) is 1.98. The number of hydrogen-bond donors (Lipinski definition) is 1. The Morgan fingerprint density at radius 2 is 1.48 bits per heavy atom. The third-order valence-electron chi connectivity index (χ3n) is 3.39. The van der Waals surface area contributed by atoms with Gasteiger partial charge < -0.3 is 5.11 Å². The summed E-state index contributed by atoms with van der Waals surface area (Å²) in [6.07, 6.45) is -9.36. The molecular weight excluding hydrogens is 369 g/mol. The third kappa shape index (κ3) is 3.68. The van der Waals surface area contributed by atoms with Crippen molar-refractivity contribution < 1.29 is 44.6 Å². The van der Waals surface area contributed by atoms with E-state index in [0.717, 1.165) is 18.2 Å². The minimum atomic E-state index is -7.02. The zero-order chi connectivity index (χ0) is 19.9. The van der Waals surface area contributed by atoms with Crippen LogP contribution in [0.4, 0.5) is 39.5 Å². The molecule has 11 heteroatoms. The number of benzene rings is 1. The maximum absolute atomic E-state index is 13.6. The van der Waals surface area contributed by atoms with Crippen LogP contribution in [-0.4, -0.2) is 29.1 Å². The van der Waals surface area contributed by atoms with E-state index in [2.05, 4.69) is 0 Å². The van der Waals surface area contributed by atoms with Gasteiger partial charge >= 0.3 is 23.9 Å². The summed E-state index contributed by atoms with van der Waals surface area (Å²) >= 11 is 0. The van der Waals surface area contributed by atoms with Crippen LogP contribution in [0.5, 0.6) is 0 Å². The molecule has 1 atom stereocenters. The molecule has 0 saturated heterocycles. The number of nitriles is 1. The average Bonchev–Trinajstić information content (AvgIpc) is 2.44. The van der Waals surface area contributed by atoms with Gasteiger partial charge in [-0.3, -0.25) is 0 Å². The Morgan fingerprint density at radius 1 is 0.960 bits per heavy atom. The van der Waals surface area contributed by atoms with Crippen LogP contribution in [0.3, 0.4) is 0 Å². The van der Waals surface area contributed by atoms with Gasteiger partial charge in [-0.15, -0.1) is 0 Å².